The summed E-state index contributed by atoms with van der Waals surface area (Å²) in [5, 5.41) is 1.17. The molecule has 146 valence electrons. The molecule has 1 amide bonds. The van der Waals surface area contributed by atoms with Gasteiger partial charge in [-0.15, -0.1) is 0 Å². The van der Waals surface area contributed by atoms with Gasteiger partial charge in [-0.1, -0.05) is 12.1 Å². The van der Waals surface area contributed by atoms with Gasteiger partial charge in [0.25, 0.3) is 5.91 Å². The van der Waals surface area contributed by atoms with E-state index in [1.165, 1.54) is 10.9 Å². The highest BCUT2D eigenvalue weighted by molar-refractivity contribution is 5.97. The van der Waals surface area contributed by atoms with Crippen LogP contribution in [0.4, 0.5) is 0 Å². The second-order valence-corrected chi connectivity index (χ2v) is 7.34. The summed E-state index contributed by atoms with van der Waals surface area (Å²) in [5.74, 6) is 1.53. The number of nitrogens with one attached hydrogen (secondary N) is 1. The van der Waals surface area contributed by atoms with Crippen LogP contribution in [0.1, 0.15) is 34.5 Å². The van der Waals surface area contributed by atoms with Crippen molar-refractivity contribution in [2.45, 2.75) is 32.2 Å². The van der Waals surface area contributed by atoms with Gasteiger partial charge >= 0.3 is 0 Å². The van der Waals surface area contributed by atoms with Gasteiger partial charge in [0.05, 0.1) is 19.8 Å². The quantitative estimate of drug-likeness (QED) is 0.718. The summed E-state index contributed by atoms with van der Waals surface area (Å²) >= 11 is 0. The number of aryl methyl sites for hydroxylation is 1. The summed E-state index contributed by atoms with van der Waals surface area (Å²) in [7, 11) is 3.29. The third-order valence-electron chi connectivity index (χ3n) is 5.74. The van der Waals surface area contributed by atoms with E-state index >= 15 is 0 Å². The number of aromatic nitrogens is 1. The van der Waals surface area contributed by atoms with Gasteiger partial charge < -0.3 is 19.4 Å². The maximum atomic E-state index is 13.2. The van der Waals surface area contributed by atoms with Gasteiger partial charge in [0.15, 0.2) is 0 Å². The first kappa shape index (κ1) is 18.4. The smallest absolute Gasteiger partial charge is 0.257 e. The molecular formula is C23H26N2O3. The zero-order valence-electron chi connectivity index (χ0n) is 16.6. The van der Waals surface area contributed by atoms with E-state index in [4.69, 9.17) is 9.47 Å². The Bertz CT molecular complexity index is 1010. The third kappa shape index (κ3) is 3.21. The molecular weight excluding hydrogens is 352 g/mol. The van der Waals surface area contributed by atoms with Crippen LogP contribution in [0.2, 0.25) is 0 Å². The Kier molecular flexibility index (Phi) is 4.99. The van der Waals surface area contributed by atoms with Crippen LogP contribution < -0.4 is 9.47 Å². The summed E-state index contributed by atoms with van der Waals surface area (Å²) in [6.45, 7) is 2.88. The lowest BCUT2D eigenvalue weighted by Gasteiger charge is -2.26. The third-order valence-corrected chi connectivity index (χ3v) is 5.74. The average molecular weight is 378 g/mol. The number of likely N-dealkylation sites (tertiary alicyclic amines) is 1. The number of carbonyl (C=O) groups excluding carboxylic acids is 1. The Hall–Kier alpha value is -2.95. The Morgan fingerprint density at radius 1 is 1.18 bits per heavy atom. The maximum Gasteiger partial charge on any atom is 0.257 e. The van der Waals surface area contributed by atoms with Crippen LogP contribution in [0.5, 0.6) is 11.5 Å². The first-order valence-corrected chi connectivity index (χ1v) is 9.71. The number of para-hydroxylation sites is 1. The van der Waals surface area contributed by atoms with E-state index in [1.807, 2.05) is 35.2 Å². The SMILES string of the molecule is COc1ccc2[nH]c(C)c(CC3CCCN3C(=O)c3ccccc3OC)c2c1. The fraction of sp³-hybridized carbons (Fsp3) is 0.348. The van der Waals surface area contributed by atoms with Gasteiger partial charge in [0.2, 0.25) is 0 Å². The molecule has 5 heteroatoms. The van der Waals surface area contributed by atoms with E-state index in [9.17, 15) is 4.79 Å². The number of hydrogen-bond donors (Lipinski definition) is 1. The van der Waals surface area contributed by atoms with Gasteiger partial charge in [-0.05, 0) is 62.1 Å². The fourth-order valence-electron chi connectivity index (χ4n) is 4.28. The van der Waals surface area contributed by atoms with Gasteiger partial charge in [0.1, 0.15) is 11.5 Å². The van der Waals surface area contributed by atoms with Crippen LogP contribution in [0.25, 0.3) is 10.9 Å². The van der Waals surface area contributed by atoms with Crippen molar-refractivity contribution in [2.75, 3.05) is 20.8 Å². The van der Waals surface area contributed by atoms with Gasteiger partial charge in [-0.25, -0.2) is 0 Å². The van der Waals surface area contributed by atoms with Crippen molar-refractivity contribution < 1.29 is 14.3 Å². The molecule has 0 saturated carbocycles. The van der Waals surface area contributed by atoms with Crippen LogP contribution in [-0.2, 0) is 6.42 Å². The first-order valence-electron chi connectivity index (χ1n) is 9.71. The minimum absolute atomic E-state index is 0.0509. The van der Waals surface area contributed by atoms with E-state index < -0.39 is 0 Å². The molecule has 2 heterocycles. The number of carbonyl (C=O) groups is 1. The first-order chi connectivity index (χ1) is 13.6. The van der Waals surface area contributed by atoms with Crippen LogP contribution in [-0.4, -0.2) is 42.6 Å². The molecule has 1 fully saturated rings. The summed E-state index contributed by atoms with van der Waals surface area (Å²) in [4.78, 5) is 18.7. The van der Waals surface area contributed by atoms with Crippen molar-refractivity contribution in [2.24, 2.45) is 0 Å². The van der Waals surface area contributed by atoms with Gasteiger partial charge in [-0.3, -0.25) is 4.79 Å². The van der Waals surface area contributed by atoms with E-state index in [0.29, 0.717) is 11.3 Å². The number of aromatic amines is 1. The second kappa shape index (κ2) is 7.58. The maximum absolute atomic E-state index is 13.2. The number of amides is 1. The van der Waals surface area contributed by atoms with E-state index in [-0.39, 0.29) is 11.9 Å². The van der Waals surface area contributed by atoms with Crippen LogP contribution >= 0.6 is 0 Å². The highest BCUT2D eigenvalue weighted by Gasteiger charge is 2.31. The topological polar surface area (TPSA) is 54.6 Å². The van der Waals surface area contributed by atoms with Gasteiger partial charge in [-0.2, -0.15) is 0 Å². The highest BCUT2D eigenvalue weighted by Crippen LogP contribution is 2.32. The number of ether oxygens (including phenoxy) is 2. The number of H-pyrrole nitrogens is 1. The van der Waals surface area contributed by atoms with Crippen molar-refractivity contribution in [3.05, 3.63) is 59.3 Å². The largest absolute Gasteiger partial charge is 0.497 e. The molecule has 0 bridgehead atoms. The van der Waals surface area contributed by atoms with Gasteiger partial charge in [0, 0.05) is 29.2 Å². The number of nitrogens with zero attached hydrogens (tertiary/aromatic N) is 1. The normalized spacial score (nSPS) is 16.5. The molecule has 1 atom stereocenters. The lowest BCUT2D eigenvalue weighted by molar-refractivity contribution is 0.0733. The monoisotopic (exact) mass is 378 g/mol. The zero-order chi connectivity index (χ0) is 19.7. The summed E-state index contributed by atoms with van der Waals surface area (Å²) < 4.78 is 10.8. The Balaban J connectivity index is 1.64. The van der Waals surface area contributed by atoms with Crippen molar-refractivity contribution in [3.63, 3.8) is 0 Å². The van der Waals surface area contributed by atoms with E-state index in [2.05, 4.69) is 24.0 Å². The molecule has 28 heavy (non-hydrogen) atoms. The summed E-state index contributed by atoms with van der Waals surface area (Å²) in [6, 6.07) is 13.7. The van der Waals surface area contributed by atoms with Crippen molar-refractivity contribution in [1.82, 2.24) is 9.88 Å². The Morgan fingerprint density at radius 3 is 2.79 bits per heavy atom. The van der Waals surface area contributed by atoms with Crippen LogP contribution in [0.3, 0.4) is 0 Å². The molecule has 1 aliphatic heterocycles. The van der Waals surface area contributed by atoms with Crippen molar-refractivity contribution in [1.29, 1.82) is 0 Å². The molecule has 1 saturated heterocycles. The lowest BCUT2D eigenvalue weighted by Crippen LogP contribution is -2.37. The molecule has 0 spiro atoms. The standard InChI is InChI=1S/C23H26N2O3/c1-15-19(20-14-17(27-2)10-11-21(20)24-15)13-16-7-6-12-25(16)23(26)18-8-4-5-9-22(18)28-3/h4-5,8-11,14,16,24H,6-7,12-13H2,1-3H3. The molecule has 3 aromatic rings. The number of hydrogen-bond acceptors (Lipinski definition) is 3. The minimum atomic E-state index is 0.0509. The molecule has 1 unspecified atom stereocenters. The zero-order valence-corrected chi connectivity index (χ0v) is 16.6. The Morgan fingerprint density at radius 2 is 2.00 bits per heavy atom. The lowest BCUT2D eigenvalue weighted by atomic mass is 10.00. The molecule has 0 aliphatic carbocycles. The average Bonchev–Trinajstić information content (AvgIpc) is 3.31. The molecule has 1 aromatic heterocycles. The van der Waals surface area contributed by atoms with Crippen molar-refractivity contribution in [3.8, 4) is 11.5 Å². The minimum Gasteiger partial charge on any atom is -0.497 e. The van der Waals surface area contributed by atoms with Crippen LogP contribution in [0, 0.1) is 6.92 Å². The highest BCUT2D eigenvalue weighted by atomic mass is 16.5. The van der Waals surface area contributed by atoms with E-state index in [1.54, 1.807) is 14.2 Å². The number of rotatable bonds is 5. The molecule has 2 aromatic carbocycles. The number of benzene rings is 2. The molecule has 1 N–H and O–H groups in total. The molecule has 5 nitrogen and oxygen atoms in total. The predicted octanol–water partition coefficient (Wildman–Crippen LogP) is 4.34. The predicted molar refractivity (Wildman–Crippen MR) is 110 cm³/mol. The number of methoxy groups -OCH3 is 2. The molecule has 4 rings (SSSR count). The van der Waals surface area contributed by atoms with Crippen LogP contribution in [0.15, 0.2) is 42.5 Å². The number of fused-ring (bicyclic) bond motifs is 1. The van der Waals surface area contributed by atoms with Crippen molar-refractivity contribution >= 4 is 16.8 Å². The summed E-state index contributed by atoms with van der Waals surface area (Å²) in [5.41, 5.74) is 4.15. The molecule has 1 aliphatic rings. The second-order valence-electron chi connectivity index (χ2n) is 7.34. The summed E-state index contributed by atoms with van der Waals surface area (Å²) in [6.07, 6.45) is 2.87. The fourth-order valence-corrected chi connectivity index (χ4v) is 4.28. The van der Waals surface area contributed by atoms with E-state index in [0.717, 1.165) is 42.8 Å². The Labute approximate surface area is 165 Å². The molecule has 0 radical (unpaired) electrons.